The molecular weight excluding hydrogens is 292 g/mol. The molecule has 2 aromatic heterocycles. The third kappa shape index (κ3) is 1.26. The first-order chi connectivity index (χ1) is 11.8. The van der Waals surface area contributed by atoms with E-state index in [2.05, 4.69) is 71.8 Å². The number of rotatable bonds is 0. The minimum Gasteiger partial charge on any atom is -0.347 e. The van der Waals surface area contributed by atoms with Crippen LogP contribution in [0.25, 0.3) is 33.0 Å². The number of hydrogen-bond donors (Lipinski definition) is 0. The lowest BCUT2D eigenvalue weighted by molar-refractivity contribution is 0.884. The minimum absolute atomic E-state index is 1.07. The highest BCUT2D eigenvalue weighted by atomic mass is 15.0. The monoisotopic (exact) mass is 310 g/mol. The van der Waals surface area contributed by atoms with E-state index in [0.29, 0.717) is 0 Å². The van der Waals surface area contributed by atoms with Gasteiger partial charge in [0.05, 0.1) is 0 Å². The Morgan fingerprint density at radius 3 is 1.50 bits per heavy atom. The second kappa shape index (κ2) is 4.02. The van der Waals surface area contributed by atoms with E-state index in [4.69, 9.17) is 0 Å². The average Bonchev–Trinajstić information content (AvgIpc) is 3.29. The molecule has 116 valence electrons. The highest BCUT2D eigenvalue weighted by Gasteiger charge is 2.36. The summed E-state index contributed by atoms with van der Waals surface area (Å²) < 4.78 is 4.79. The summed E-state index contributed by atoms with van der Waals surface area (Å²) in [6.07, 6.45) is 2.13. The van der Waals surface area contributed by atoms with Crippen LogP contribution in [0.2, 0.25) is 0 Å². The van der Waals surface area contributed by atoms with Gasteiger partial charge in [0.1, 0.15) is 0 Å². The van der Waals surface area contributed by atoms with Gasteiger partial charge < -0.3 is 9.13 Å². The molecular formula is C22H18N2. The molecule has 6 rings (SSSR count). The van der Waals surface area contributed by atoms with E-state index in [1.165, 1.54) is 44.3 Å². The fourth-order valence-corrected chi connectivity index (χ4v) is 5.01. The van der Waals surface area contributed by atoms with E-state index >= 15 is 0 Å². The van der Waals surface area contributed by atoms with Crippen molar-refractivity contribution >= 4 is 33.0 Å². The van der Waals surface area contributed by atoms with E-state index in [1.54, 1.807) is 11.1 Å². The van der Waals surface area contributed by atoms with E-state index in [1.807, 2.05) is 0 Å². The Morgan fingerprint density at radius 2 is 1.04 bits per heavy atom. The molecule has 0 aliphatic heterocycles. The topological polar surface area (TPSA) is 9.86 Å². The summed E-state index contributed by atoms with van der Waals surface area (Å²) in [4.78, 5) is 0. The zero-order chi connectivity index (χ0) is 16.0. The van der Waals surface area contributed by atoms with Gasteiger partial charge in [0.25, 0.3) is 0 Å². The van der Waals surface area contributed by atoms with Crippen molar-refractivity contribution in [3.8, 4) is 0 Å². The summed E-state index contributed by atoms with van der Waals surface area (Å²) in [5.41, 5.74) is 11.8. The maximum Gasteiger partial charge on any atom is 0.0486 e. The molecule has 0 saturated heterocycles. The summed E-state index contributed by atoms with van der Waals surface area (Å²) in [5.74, 6) is 0. The molecule has 2 heteroatoms. The minimum atomic E-state index is 1.07. The molecule has 0 saturated carbocycles. The maximum absolute atomic E-state index is 2.40. The summed E-state index contributed by atoms with van der Waals surface area (Å²) in [7, 11) is 4.43. The number of para-hydroxylation sites is 2. The Kier molecular flexibility index (Phi) is 2.12. The molecule has 4 aromatic rings. The first kappa shape index (κ1) is 12.7. The van der Waals surface area contributed by atoms with Gasteiger partial charge in [-0.05, 0) is 23.3 Å². The van der Waals surface area contributed by atoms with Gasteiger partial charge in [-0.2, -0.15) is 0 Å². The molecule has 2 nitrogen and oxygen atoms in total. The first-order valence-electron chi connectivity index (χ1n) is 8.61. The molecule has 0 radical (unpaired) electrons. The third-order valence-corrected chi connectivity index (χ3v) is 6.11. The molecule has 2 aliphatic carbocycles. The fraction of sp³-hybridized carbons (Fsp3) is 0.182. The van der Waals surface area contributed by atoms with Gasteiger partial charge in [0.15, 0.2) is 0 Å². The van der Waals surface area contributed by atoms with Gasteiger partial charge in [-0.15, -0.1) is 0 Å². The zero-order valence-corrected chi connectivity index (χ0v) is 13.9. The maximum atomic E-state index is 2.40. The second-order valence-electron chi connectivity index (χ2n) is 7.11. The molecule has 0 N–H and O–H groups in total. The highest BCUT2D eigenvalue weighted by molar-refractivity contribution is 6.14. The molecule has 0 fully saturated rings. The van der Waals surface area contributed by atoms with Crippen molar-refractivity contribution in [1.29, 1.82) is 0 Å². The standard InChI is InChI=1S/C22H18N2/c1-23-17-9-5-3-7-13(17)21-16-12-20-22(15(16)11-19(21)23)14-8-4-6-10-18(14)24(20)2/h3-10H,11-12H2,1-2H3. The number of allylic oxidation sites excluding steroid dienone is 2. The van der Waals surface area contributed by atoms with E-state index in [9.17, 15) is 0 Å². The van der Waals surface area contributed by atoms with E-state index in [-0.39, 0.29) is 0 Å². The number of fused-ring (bicyclic) bond motifs is 8. The smallest absolute Gasteiger partial charge is 0.0486 e. The van der Waals surface area contributed by atoms with Crippen LogP contribution >= 0.6 is 0 Å². The average molecular weight is 310 g/mol. The third-order valence-electron chi connectivity index (χ3n) is 6.11. The van der Waals surface area contributed by atoms with E-state index < -0.39 is 0 Å². The second-order valence-corrected chi connectivity index (χ2v) is 7.11. The highest BCUT2D eigenvalue weighted by Crippen LogP contribution is 2.51. The molecule has 2 heterocycles. The van der Waals surface area contributed by atoms with Crippen LogP contribution in [0, 0.1) is 0 Å². The van der Waals surface area contributed by atoms with Crippen molar-refractivity contribution in [2.75, 3.05) is 0 Å². The quantitative estimate of drug-likeness (QED) is 0.446. The van der Waals surface area contributed by atoms with Crippen LogP contribution in [0.3, 0.4) is 0 Å². The number of hydrogen-bond acceptors (Lipinski definition) is 0. The predicted octanol–water partition coefficient (Wildman–Crippen LogP) is 4.69. The van der Waals surface area contributed by atoms with Gasteiger partial charge in [-0.3, -0.25) is 0 Å². The molecule has 0 bridgehead atoms. The van der Waals surface area contributed by atoms with E-state index in [0.717, 1.165) is 12.8 Å². The molecule has 0 spiro atoms. The lowest BCUT2D eigenvalue weighted by Gasteiger charge is -2.05. The number of aryl methyl sites for hydroxylation is 2. The normalized spacial score (nSPS) is 15.4. The van der Waals surface area contributed by atoms with Gasteiger partial charge >= 0.3 is 0 Å². The summed E-state index contributed by atoms with van der Waals surface area (Å²) in [6, 6.07) is 17.7. The van der Waals surface area contributed by atoms with Crippen molar-refractivity contribution in [1.82, 2.24) is 9.13 Å². The van der Waals surface area contributed by atoms with Crippen molar-refractivity contribution in [3.05, 3.63) is 71.0 Å². The molecule has 0 atom stereocenters. The van der Waals surface area contributed by atoms with Crippen LogP contribution in [-0.2, 0) is 26.9 Å². The number of nitrogens with zero attached hydrogens (tertiary/aromatic N) is 2. The SMILES string of the molecule is Cn1c2c(c3ccccc31)C1=C(C2)c2c(n(C)c3ccccc23)C1. The predicted molar refractivity (Wildman–Crippen MR) is 100 cm³/mol. The van der Waals surface area contributed by atoms with Gasteiger partial charge in [-0.25, -0.2) is 0 Å². The van der Waals surface area contributed by atoms with Crippen molar-refractivity contribution in [3.63, 3.8) is 0 Å². The van der Waals surface area contributed by atoms with Crippen LogP contribution in [-0.4, -0.2) is 9.13 Å². The largest absolute Gasteiger partial charge is 0.347 e. The molecule has 0 amide bonds. The van der Waals surface area contributed by atoms with Crippen LogP contribution in [0.1, 0.15) is 22.5 Å². The molecule has 24 heavy (non-hydrogen) atoms. The summed E-state index contributed by atoms with van der Waals surface area (Å²) >= 11 is 0. The Labute approximate surface area is 140 Å². The molecule has 0 unspecified atom stereocenters. The Hall–Kier alpha value is -2.74. The van der Waals surface area contributed by atoms with Crippen LogP contribution in [0.5, 0.6) is 0 Å². The van der Waals surface area contributed by atoms with Crippen molar-refractivity contribution in [2.45, 2.75) is 12.8 Å². The zero-order valence-electron chi connectivity index (χ0n) is 13.9. The van der Waals surface area contributed by atoms with Crippen LogP contribution in [0.4, 0.5) is 0 Å². The lowest BCUT2D eigenvalue weighted by Crippen LogP contribution is -1.98. The summed E-state index contributed by atoms with van der Waals surface area (Å²) in [5, 5.41) is 2.83. The fourth-order valence-electron chi connectivity index (χ4n) is 5.01. The lowest BCUT2D eigenvalue weighted by atomic mass is 10.0. The number of aromatic nitrogens is 2. The van der Waals surface area contributed by atoms with Crippen LogP contribution < -0.4 is 0 Å². The molecule has 2 aromatic carbocycles. The Balaban J connectivity index is 1.69. The number of benzene rings is 2. The van der Waals surface area contributed by atoms with Crippen LogP contribution in [0.15, 0.2) is 48.5 Å². The van der Waals surface area contributed by atoms with Crippen molar-refractivity contribution in [2.24, 2.45) is 14.1 Å². The summed E-state index contributed by atoms with van der Waals surface area (Å²) in [6.45, 7) is 0. The van der Waals surface area contributed by atoms with Gasteiger partial charge in [0.2, 0.25) is 0 Å². The van der Waals surface area contributed by atoms with Crippen molar-refractivity contribution < 1.29 is 0 Å². The van der Waals surface area contributed by atoms with Gasteiger partial charge in [-0.1, -0.05) is 36.4 Å². The Bertz CT molecular complexity index is 1120. The first-order valence-corrected chi connectivity index (χ1v) is 8.61. The van der Waals surface area contributed by atoms with Gasteiger partial charge in [0, 0.05) is 71.3 Å². The molecule has 2 aliphatic rings. The Morgan fingerprint density at radius 1 is 0.625 bits per heavy atom.